The van der Waals surface area contributed by atoms with Gasteiger partial charge in [0.05, 0.1) is 18.5 Å². The van der Waals surface area contributed by atoms with Gasteiger partial charge < -0.3 is 9.73 Å². The molecule has 0 radical (unpaired) electrons. The summed E-state index contributed by atoms with van der Waals surface area (Å²) in [6.07, 6.45) is 1.58. The summed E-state index contributed by atoms with van der Waals surface area (Å²) < 4.78 is 6.99. The lowest BCUT2D eigenvalue weighted by Gasteiger charge is -2.08. The monoisotopic (exact) mass is 323 g/mol. The molecule has 0 spiro atoms. The molecule has 0 unspecified atom stereocenters. The van der Waals surface area contributed by atoms with E-state index in [0.29, 0.717) is 23.9 Å². The van der Waals surface area contributed by atoms with Crippen molar-refractivity contribution >= 4 is 5.91 Å². The lowest BCUT2D eigenvalue weighted by molar-refractivity contribution is 0.0942. The van der Waals surface area contributed by atoms with E-state index in [1.165, 1.54) is 5.56 Å². The van der Waals surface area contributed by atoms with Crippen LogP contribution in [0.4, 0.5) is 0 Å². The van der Waals surface area contributed by atoms with Crippen molar-refractivity contribution in [2.45, 2.75) is 33.2 Å². The minimum absolute atomic E-state index is 0.216. The predicted octanol–water partition coefficient (Wildman–Crippen LogP) is 3.83. The molecular weight excluding hydrogens is 302 g/mol. The van der Waals surface area contributed by atoms with Crippen LogP contribution in [0.1, 0.15) is 47.3 Å². The van der Waals surface area contributed by atoms with Gasteiger partial charge in [-0.2, -0.15) is 5.10 Å². The van der Waals surface area contributed by atoms with E-state index in [4.69, 9.17) is 4.42 Å². The first kappa shape index (κ1) is 16.1. The number of rotatable bonds is 5. The predicted molar refractivity (Wildman–Crippen MR) is 92.3 cm³/mol. The molecule has 5 nitrogen and oxygen atoms in total. The summed E-state index contributed by atoms with van der Waals surface area (Å²) in [6, 6.07) is 13.6. The minimum Gasteiger partial charge on any atom is -0.467 e. The quantitative estimate of drug-likeness (QED) is 0.776. The third kappa shape index (κ3) is 3.40. The smallest absolute Gasteiger partial charge is 0.272 e. The van der Waals surface area contributed by atoms with Gasteiger partial charge in [0, 0.05) is 5.69 Å². The molecule has 0 saturated heterocycles. The van der Waals surface area contributed by atoms with Crippen LogP contribution in [0, 0.1) is 6.92 Å². The normalized spacial score (nSPS) is 11.0. The van der Waals surface area contributed by atoms with Gasteiger partial charge in [-0.3, -0.25) is 4.79 Å². The van der Waals surface area contributed by atoms with Crippen LogP contribution in [-0.2, 0) is 6.54 Å². The van der Waals surface area contributed by atoms with E-state index in [0.717, 1.165) is 11.4 Å². The summed E-state index contributed by atoms with van der Waals surface area (Å²) in [5, 5.41) is 7.24. The van der Waals surface area contributed by atoms with Crippen molar-refractivity contribution in [2.75, 3.05) is 0 Å². The summed E-state index contributed by atoms with van der Waals surface area (Å²) in [5.41, 5.74) is 3.53. The maximum atomic E-state index is 12.3. The van der Waals surface area contributed by atoms with Gasteiger partial charge in [-0.15, -0.1) is 0 Å². The van der Waals surface area contributed by atoms with Gasteiger partial charge in [-0.25, -0.2) is 4.68 Å². The number of amides is 1. The highest BCUT2D eigenvalue weighted by Gasteiger charge is 2.13. The van der Waals surface area contributed by atoms with Crippen LogP contribution in [0.2, 0.25) is 0 Å². The van der Waals surface area contributed by atoms with Gasteiger partial charge in [-0.1, -0.05) is 26.0 Å². The Labute approximate surface area is 141 Å². The van der Waals surface area contributed by atoms with Gasteiger partial charge in [0.15, 0.2) is 5.69 Å². The number of carbonyl (C=O) groups excluding carboxylic acids is 1. The summed E-state index contributed by atoms with van der Waals surface area (Å²) >= 11 is 0. The molecule has 0 aliphatic rings. The number of nitrogens with one attached hydrogen (secondary N) is 1. The van der Waals surface area contributed by atoms with Gasteiger partial charge in [0.1, 0.15) is 5.76 Å². The average Bonchev–Trinajstić information content (AvgIpc) is 3.22. The third-order valence-corrected chi connectivity index (χ3v) is 3.93. The second-order valence-electron chi connectivity index (χ2n) is 6.09. The van der Waals surface area contributed by atoms with Crippen LogP contribution in [0.15, 0.2) is 53.1 Å². The molecule has 3 rings (SSSR count). The standard InChI is InChI=1S/C19H21N3O2/c1-13(2)15-6-8-16(9-7-15)22-14(3)11-18(21-22)19(23)20-12-17-5-4-10-24-17/h4-11,13H,12H2,1-3H3,(H,20,23). The Hall–Kier alpha value is -2.82. The van der Waals surface area contributed by atoms with Crippen LogP contribution >= 0.6 is 0 Å². The molecule has 0 saturated carbocycles. The largest absolute Gasteiger partial charge is 0.467 e. The zero-order valence-electron chi connectivity index (χ0n) is 14.1. The number of benzene rings is 1. The van der Waals surface area contributed by atoms with Crippen molar-refractivity contribution in [1.29, 1.82) is 0 Å². The maximum absolute atomic E-state index is 12.3. The number of hydrogen-bond donors (Lipinski definition) is 1. The number of aromatic nitrogens is 2. The second kappa shape index (κ2) is 6.74. The summed E-state index contributed by atoms with van der Waals surface area (Å²) in [5.74, 6) is 0.983. The van der Waals surface area contributed by atoms with Gasteiger partial charge in [-0.05, 0) is 48.7 Å². The van der Waals surface area contributed by atoms with Crippen molar-refractivity contribution in [3.05, 3.63) is 71.4 Å². The highest BCUT2D eigenvalue weighted by molar-refractivity contribution is 5.92. The molecule has 0 atom stereocenters. The molecule has 2 heterocycles. The van der Waals surface area contributed by atoms with Crippen LogP contribution in [-0.4, -0.2) is 15.7 Å². The molecule has 124 valence electrons. The Morgan fingerprint density at radius 2 is 2.00 bits per heavy atom. The highest BCUT2D eigenvalue weighted by Crippen LogP contribution is 2.18. The van der Waals surface area contributed by atoms with E-state index in [9.17, 15) is 4.79 Å². The van der Waals surface area contributed by atoms with Crippen molar-refractivity contribution in [3.8, 4) is 5.69 Å². The SMILES string of the molecule is Cc1cc(C(=O)NCc2ccco2)nn1-c1ccc(C(C)C)cc1. The molecule has 1 N–H and O–H groups in total. The van der Waals surface area contributed by atoms with Crippen LogP contribution < -0.4 is 5.32 Å². The third-order valence-electron chi connectivity index (χ3n) is 3.93. The second-order valence-corrected chi connectivity index (χ2v) is 6.09. The molecular formula is C19H21N3O2. The number of aryl methyl sites for hydroxylation is 1. The Morgan fingerprint density at radius 1 is 1.25 bits per heavy atom. The molecule has 24 heavy (non-hydrogen) atoms. The molecule has 1 amide bonds. The molecule has 3 aromatic rings. The molecule has 1 aromatic carbocycles. The Kier molecular flexibility index (Phi) is 4.51. The van der Waals surface area contributed by atoms with E-state index in [1.54, 1.807) is 23.1 Å². The number of nitrogens with zero attached hydrogens (tertiary/aromatic N) is 2. The van der Waals surface area contributed by atoms with Gasteiger partial charge >= 0.3 is 0 Å². The minimum atomic E-state index is -0.216. The van der Waals surface area contributed by atoms with E-state index in [-0.39, 0.29) is 5.91 Å². The van der Waals surface area contributed by atoms with Crippen molar-refractivity contribution < 1.29 is 9.21 Å². The Bertz CT molecular complexity index is 815. The lowest BCUT2D eigenvalue weighted by atomic mass is 10.0. The molecule has 2 aromatic heterocycles. The zero-order chi connectivity index (χ0) is 17.1. The Balaban J connectivity index is 1.75. The first-order valence-corrected chi connectivity index (χ1v) is 8.02. The molecule has 0 aliphatic heterocycles. The van der Waals surface area contributed by atoms with Gasteiger partial charge in [0.2, 0.25) is 0 Å². The molecule has 0 bridgehead atoms. The van der Waals surface area contributed by atoms with Crippen LogP contribution in [0.3, 0.4) is 0 Å². The molecule has 0 fully saturated rings. The van der Waals surface area contributed by atoms with Crippen molar-refractivity contribution in [1.82, 2.24) is 15.1 Å². The number of carbonyl (C=O) groups is 1. The number of hydrogen-bond acceptors (Lipinski definition) is 3. The maximum Gasteiger partial charge on any atom is 0.272 e. The van der Waals surface area contributed by atoms with E-state index >= 15 is 0 Å². The topological polar surface area (TPSA) is 60.1 Å². The fraction of sp³-hybridized carbons (Fsp3) is 0.263. The molecule has 5 heteroatoms. The average molecular weight is 323 g/mol. The summed E-state index contributed by atoms with van der Waals surface area (Å²) in [4.78, 5) is 12.3. The summed E-state index contributed by atoms with van der Waals surface area (Å²) in [6.45, 7) is 6.61. The number of furan rings is 1. The molecule has 0 aliphatic carbocycles. The van der Waals surface area contributed by atoms with Crippen LogP contribution in [0.25, 0.3) is 5.69 Å². The first-order valence-electron chi connectivity index (χ1n) is 8.02. The van der Waals surface area contributed by atoms with Crippen LogP contribution in [0.5, 0.6) is 0 Å². The first-order chi connectivity index (χ1) is 11.5. The fourth-order valence-corrected chi connectivity index (χ4v) is 2.52. The van der Waals surface area contributed by atoms with Gasteiger partial charge in [0.25, 0.3) is 5.91 Å². The Morgan fingerprint density at radius 3 is 2.62 bits per heavy atom. The fourth-order valence-electron chi connectivity index (χ4n) is 2.52. The van der Waals surface area contributed by atoms with E-state index in [1.807, 2.05) is 25.1 Å². The summed E-state index contributed by atoms with van der Waals surface area (Å²) in [7, 11) is 0. The zero-order valence-corrected chi connectivity index (χ0v) is 14.1. The van der Waals surface area contributed by atoms with E-state index < -0.39 is 0 Å². The van der Waals surface area contributed by atoms with E-state index in [2.05, 4.69) is 36.4 Å². The van der Waals surface area contributed by atoms with Crippen molar-refractivity contribution in [3.63, 3.8) is 0 Å². The van der Waals surface area contributed by atoms with Crippen molar-refractivity contribution in [2.24, 2.45) is 0 Å². The lowest BCUT2D eigenvalue weighted by Crippen LogP contribution is -2.23. The highest BCUT2D eigenvalue weighted by atomic mass is 16.3.